The minimum atomic E-state index is -0.405. The van der Waals surface area contributed by atoms with Gasteiger partial charge in [0.15, 0.2) is 0 Å². The van der Waals surface area contributed by atoms with Gasteiger partial charge in [0.05, 0.1) is 0 Å². The highest BCUT2D eigenvalue weighted by Gasteiger charge is 2.47. The highest BCUT2D eigenvalue weighted by molar-refractivity contribution is 5.43. The zero-order valence-corrected chi connectivity index (χ0v) is 8.67. The van der Waals surface area contributed by atoms with Gasteiger partial charge < -0.3 is 5.32 Å². The predicted octanol–water partition coefficient (Wildman–Crippen LogP) is 2.97. The van der Waals surface area contributed by atoms with Crippen molar-refractivity contribution >= 4 is 5.69 Å². The first-order valence-corrected chi connectivity index (χ1v) is 5.64. The van der Waals surface area contributed by atoms with Crippen LogP contribution in [0.3, 0.4) is 0 Å². The molecule has 0 unspecified atom stereocenters. The van der Waals surface area contributed by atoms with Crippen molar-refractivity contribution in [3.05, 3.63) is 24.3 Å². The fourth-order valence-electron chi connectivity index (χ4n) is 2.90. The molecule has 1 aromatic rings. The second-order valence-electron chi connectivity index (χ2n) is 4.97. The number of nitrogens with zero attached hydrogens (tertiary/aromatic N) is 1. The third-order valence-electron chi connectivity index (χ3n) is 3.87. The highest BCUT2D eigenvalue weighted by Crippen LogP contribution is 2.56. The number of hydrogen-bond acceptors (Lipinski definition) is 2. The SMILES string of the molecule is Fc1cc(NC2CC3(CCC3)C2)ccn1. The summed E-state index contributed by atoms with van der Waals surface area (Å²) in [6.07, 6.45) is 8.23. The molecule has 0 bridgehead atoms. The zero-order valence-electron chi connectivity index (χ0n) is 8.67. The maximum atomic E-state index is 12.8. The maximum absolute atomic E-state index is 12.8. The minimum absolute atomic E-state index is 0.405. The Morgan fingerprint density at radius 3 is 2.80 bits per heavy atom. The van der Waals surface area contributed by atoms with E-state index >= 15 is 0 Å². The van der Waals surface area contributed by atoms with Crippen LogP contribution in [0, 0.1) is 11.4 Å². The van der Waals surface area contributed by atoms with Crippen molar-refractivity contribution in [2.45, 2.75) is 38.1 Å². The van der Waals surface area contributed by atoms with Crippen LogP contribution in [0.4, 0.5) is 10.1 Å². The summed E-state index contributed by atoms with van der Waals surface area (Å²) in [5.41, 5.74) is 1.53. The van der Waals surface area contributed by atoms with E-state index in [1.54, 1.807) is 0 Å². The summed E-state index contributed by atoms with van der Waals surface area (Å²) >= 11 is 0. The Labute approximate surface area is 88.9 Å². The van der Waals surface area contributed by atoms with Gasteiger partial charge in [-0.3, -0.25) is 0 Å². The van der Waals surface area contributed by atoms with Crippen LogP contribution in [-0.2, 0) is 0 Å². The van der Waals surface area contributed by atoms with Crippen molar-refractivity contribution in [1.82, 2.24) is 4.98 Å². The fraction of sp³-hybridized carbons (Fsp3) is 0.583. The standard InChI is InChI=1S/C12H15FN2/c13-11-6-9(2-5-14-11)15-10-7-12(8-10)3-1-4-12/h2,5-6,10H,1,3-4,7-8H2,(H,14,15). The first kappa shape index (κ1) is 9.13. The van der Waals surface area contributed by atoms with Gasteiger partial charge in [-0.2, -0.15) is 4.39 Å². The Hall–Kier alpha value is -1.12. The molecular formula is C12H15FN2. The second-order valence-corrected chi connectivity index (χ2v) is 4.97. The van der Waals surface area contributed by atoms with Crippen LogP contribution in [0.15, 0.2) is 18.3 Å². The van der Waals surface area contributed by atoms with Gasteiger partial charge in [-0.25, -0.2) is 4.98 Å². The first-order valence-electron chi connectivity index (χ1n) is 5.64. The van der Waals surface area contributed by atoms with Crippen LogP contribution in [0.5, 0.6) is 0 Å². The molecule has 1 spiro atoms. The van der Waals surface area contributed by atoms with E-state index in [-0.39, 0.29) is 0 Å². The van der Waals surface area contributed by atoms with Crippen molar-refractivity contribution in [1.29, 1.82) is 0 Å². The van der Waals surface area contributed by atoms with E-state index in [1.807, 2.05) is 6.07 Å². The second kappa shape index (κ2) is 3.19. The molecule has 80 valence electrons. The third kappa shape index (κ3) is 1.60. The monoisotopic (exact) mass is 206 g/mol. The lowest BCUT2D eigenvalue weighted by Crippen LogP contribution is -2.49. The van der Waals surface area contributed by atoms with Crippen LogP contribution in [0.1, 0.15) is 32.1 Å². The van der Waals surface area contributed by atoms with Gasteiger partial charge in [0.25, 0.3) is 0 Å². The summed E-state index contributed by atoms with van der Waals surface area (Å²) in [6.45, 7) is 0. The van der Waals surface area contributed by atoms with E-state index in [1.165, 1.54) is 44.4 Å². The van der Waals surface area contributed by atoms with Gasteiger partial charge >= 0.3 is 0 Å². The predicted molar refractivity (Wildman–Crippen MR) is 57.1 cm³/mol. The van der Waals surface area contributed by atoms with Crippen molar-refractivity contribution in [3.8, 4) is 0 Å². The van der Waals surface area contributed by atoms with Crippen molar-refractivity contribution in [3.63, 3.8) is 0 Å². The molecule has 2 aliphatic rings. The molecule has 1 heterocycles. The molecule has 0 atom stereocenters. The van der Waals surface area contributed by atoms with E-state index in [2.05, 4.69) is 10.3 Å². The molecule has 2 fully saturated rings. The molecule has 2 saturated carbocycles. The Kier molecular flexibility index (Phi) is 1.94. The lowest BCUT2D eigenvalue weighted by molar-refractivity contribution is 0.0192. The molecule has 0 aliphatic heterocycles. The van der Waals surface area contributed by atoms with Crippen LogP contribution < -0.4 is 5.32 Å². The smallest absolute Gasteiger partial charge is 0.214 e. The maximum Gasteiger partial charge on any atom is 0.214 e. The molecule has 2 aliphatic carbocycles. The molecule has 1 N–H and O–H groups in total. The van der Waals surface area contributed by atoms with Gasteiger partial charge in [0, 0.05) is 24.0 Å². The molecular weight excluding hydrogens is 191 g/mol. The van der Waals surface area contributed by atoms with Gasteiger partial charge in [0.2, 0.25) is 5.95 Å². The number of rotatable bonds is 2. The Morgan fingerprint density at radius 1 is 1.40 bits per heavy atom. The molecule has 3 heteroatoms. The molecule has 15 heavy (non-hydrogen) atoms. The fourth-order valence-corrected chi connectivity index (χ4v) is 2.90. The number of aromatic nitrogens is 1. The summed E-state index contributed by atoms with van der Waals surface area (Å²) in [4.78, 5) is 3.54. The number of anilines is 1. The largest absolute Gasteiger partial charge is 0.382 e. The molecule has 0 radical (unpaired) electrons. The van der Waals surface area contributed by atoms with Gasteiger partial charge in [0.1, 0.15) is 0 Å². The topological polar surface area (TPSA) is 24.9 Å². The van der Waals surface area contributed by atoms with E-state index in [0.29, 0.717) is 11.5 Å². The van der Waals surface area contributed by atoms with Crippen LogP contribution in [-0.4, -0.2) is 11.0 Å². The number of hydrogen-bond donors (Lipinski definition) is 1. The first-order chi connectivity index (χ1) is 7.26. The van der Waals surface area contributed by atoms with E-state index in [0.717, 1.165) is 5.69 Å². The molecule has 3 rings (SSSR count). The van der Waals surface area contributed by atoms with Crippen molar-refractivity contribution in [2.75, 3.05) is 5.32 Å². The summed E-state index contributed by atoms with van der Waals surface area (Å²) in [6, 6.07) is 3.84. The number of halogens is 1. The Balaban J connectivity index is 1.58. The summed E-state index contributed by atoms with van der Waals surface area (Å²) < 4.78 is 12.8. The highest BCUT2D eigenvalue weighted by atomic mass is 19.1. The van der Waals surface area contributed by atoms with E-state index in [9.17, 15) is 4.39 Å². The number of pyridine rings is 1. The van der Waals surface area contributed by atoms with Gasteiger partial charge in [-0.15, -0.1) is 0 Å². The average Bonchev–Trinajstić information content (AvgIpc) is 2.07. The van der Waals surface area contributed by atoms with Crippen LogP contribution in [0.25, 0.3) is 0 Å². The molecule has 0 aromatic carbocycles. The van der Waals surface area contributed by atoms with E-state index < -0.39 is 5.95 Å². The lowest BCUT2D eigenvalue weighted by atomic mass is 9.54. The Bertz CT molecular complexity index is 366. The minimum Gasteiger partial charge on any atom is -0.382 e. The number of nitrogens with one attached hydrogen (secondary N) is 1. The Morgan fingerprint density at radius 2 is 2.20 bits per heavy atom. The molecule has 1 aromatic heterocycles. The van der Waals surface area contributed by atoms with E-state index in [4.69, 9.17) is 0 Å². The molecule has 2 nitrogen and oxygen atoms in total. The average molecular weight is 206 g/mol. The van der Waals surface area contributed by atoms with Gasteiger partial charge in [-0.1, -0.05) is 6.42 Å². The van der Waals surface area contributed by atoms with Crippen molar-refractivity contribution < 1.29 is 4.39 Å². The van der Waals surface area contributed by atoms with Crippen molar-refractivity contribution in [2.24, 2.45) is 5.41 Å². The van der Waals surface area contributed by atoms with Crippen LogP contribution >= 0.6 is 0 Å². The van der Waals surface area contributed by atoms with Gasteiger partial charge in [-0.05, 0) is 37.2 Å². The quantitative estimate of drug-likeness (QED) is 0.752. The third-order valence-corrected chi connectivity index (χ3v) is 3.87. The molecule has 0 amide bonds. The normalized spacial score (nSPS) is 23.3. The summed E-state index contributed by atoms with van der Waals surface area (Å²) in [5, 5.41) is 3.36. The summed E-state index contributed by atoms with van der Waals surface area (Å²) in [7, 11) is 0. The van der Waals surface area contributed by atoms with Crippen LogP contribution in [0.2, 0.25) is 0 Å². The zero-order chi connectivity index (χ0) is 10.3. The lowest BCUT2D eigenvalue weighted by Gasteiger charge is -2.54. The summed E-state index contributed by atoms with van der Waals surface area (Å²) in [5.74, 6) is -0.405. The molecule has 0 saturated heterocycles.